The molecule has 0 amide bonds. The van der Waals surface area contributed by atoms with E-state index in [-0.39, 0.29) is 5.56 Å². The molecule has 0 aliphatic heterocycles. The van der Waals surface area contributed by atoms with Crippen LogP contribution in [0.5, 0.6) is 5.75 Å². The summed E-state index contributed by atoms with van der Waals surface area (Å²) in [6.45, 7) is 1.25. The van der Waals surface area contributed by atoms with E-state index in [1.165, 1.54) is 6.07 Å². The number of likely N-dealkylation sites (N-methyl/N-ethyl adjacent to an activating group) is 1. The molecule has 1 aromatic heterocycles. The molecule has 3 rings (SSSR count). The van der Waals surface area contributed by atoms with Gasteiger partial charge in [0.15, 0.2) is 0 Å². The summed E-state index contributed by atoms with van der Waals surface area (Å²) in [5.41, 5.74) is 6.82. The van der Waals surface area contributed by atoms with Crippen LogP contribution in [0.15, 0.2) is 57.7 Å². The van der Waals surface area contributed by atoms with Gasteiger partial charge in [-0.3, -0.25) is 0 Å². The number of anilines is 1. The molecule has 0 aliphatic carbocycles. The van der Waals surface area contributed by atoms with Crippen molar-refractivity contribution in [1.29, 1.82) is 0 Å². The number of halogens is 1. The van der Waals surface area contributed by atoms with Crippen molar-refractivity contribution in [2.24, 2.45) is 5.73 Å². The Kier molecular flexibility index (Phi) is 5.78. The van der Waals surface area contributed by atoms with E-state index in [9.17, 15) is 9.59 Å². The van der Waals surface area contributed by atoms with Crippen molar-refractivity contribution in [3.63, 3.8) is 0 Å². The minimum absolute atomic E-state index is 0.168. The zero-order chi connectivity index (χ0) is 19.4. The van der Waals surface area contributed by atoms with Crippen LogP contribution in [0.25, 0.3) is 11.0 Å². The lowest BCUT2D eigenvalue weighted by Crippen LogP contribution is -2.24. The predicted octanol–water partition coefficient (Wildman–Crippen LogP) is 3.15. The number of ether oxygens (including phenoxy) is 1. The molecule has 7 heteroatoms. The summed E-state index contributed by atoms with van der Waals surface area (Å²) in [5, 5.41) is 0.610. The number of carbonyl (C=O) groups excluding carboxylic acids is 1. The number of nitrogens with zero attached hydrogens (tertiary/aromatic N) is 1. The molecule has 0 spiro atoms. The van der Waals surface area contributed by atoms with E-state index in [2.05, 4.69) is 0 Å². The molecular weight excluding hydrogens is 368 g/mol. The summed E-state index contributed by atoms with van der Waals surface area (Å²) in [4.78, 5) is 26.5. The zero-order valence-electron chi connectivity index (χ0n) is 14.8. The number of nitrogens with two attached hydrogens (primary N) is 1. The van der Waals surface area contributed by atoms with E-state index in [0.717, 1.165) is 11.3 Å². The van der Waals surface area contributed by atoms with Crippen LogP contribution in [0.1, 0.15) is 15.9 Å². The smallest absolute Gasteiger partial charge is 0.351 e. The number of fused-ring (bicyclic) bond motifs is 1. The summed E-state index contributed by atoms with van der Waals surface area (Å²) in [6, 6.07) is 13.6. The van der Waals surface area contributed by atoms with Crippen LogP contribution in [-0.4, -0.2) is 26.1 Å². The fourth-order valence-corrected chi connectivity index (χ4v) is 2.82. The van der Waals surface area contributed by atoms with Gasteiger partial charge >= 0.3 is 11.6 Å². The van der Waals surface area contributed by atoms with E-state index in [0.29, 0.717) is 35.7 Å². The molecule has 3 aromatic rings. The van der Waals surface area contributed by atoms with Crippen molar-refractivity contribution in [2.45, 2.75) is 5.88 Å². The summed E-state index contributed by atoms with van der Waals surface area (Å²) >= 11 is 5.83. The van der Waals surface area contributed by atoms with Crippen LogP contribution < -0.4 is 21.0 Å². The van der Waals surface area contributed by atoms with Crippen molar-refractivity contribution in [1.82, 2.24) is 0 Å². The fraction of sp³-hybridized carbons (Fsp3) is 0.200. The highest BCUT2D eigenvalue weighted by molar-refractivity contribution is 6.17. The summed E-state index contributed by atoms with van der Waals surface area (Å²) < 4.78 is 10.5. The summed E-state index contributed by atoms with van der Waals surface area (Å²) in [7, 11) is 1.92. The number of esters is 1. The lowest BCUT2D eigenvalue weighted by Gasteiger charge is -2.18. The van der Waals surface area contributed by atoms with Gasteiger partial charge in [0, 0.05) is 37.1 Å². The molecule has 0 saturated heterocycles. The average molecular weight is 387 g/mol. The van der Waals surface area contributed by atoms with Crippen molar-refractivity contribution in [2.75, 3.05) is 25.0 Å². The van der Waals surface area contributed by atoms with Gasteiger partial charge in [0.25, 0.3) is 0 Å². The molecule has 1 heterocycles. The molecule has 27 heavy (non-hydrogen) atoms. The Labute approximate surface area is 161 Å². The number of rotatable bonds is 6. The second kappa shape index (κ2) is 8.24. The number of alkyl halides is 1. The number of hydrogen-bond donors (Lipinski definition) is 1. The van der Waals surface area contributed by atoms with Gasteiger partial charge in [-0.2, -0.15) is 0 Å². The van der Waals surface area contributed by atoms with E-state index in [1.54, 1.807) is 30.3 Å². The van der Waals surface area contributed by atoms with Crippen molar-refractivity contribution in [3.8, 4) is 5.75 Å². The lowest BCUT2D eigenvalue weighted by atomic mass is 10.1. The topological polar surface area (TPSA) is 85.8 Å². The Bertz CT molecular complexity index is 1010. The molecule has 0 fully saturated rings. The van der Waals surface area contributed by atoms with Gasteiger partial charge in [-0.15, -0.1) is 11.6 Å². The van der Waals surface area contributed by atoms with Gasteiger partial charge in [0.05, 0.1) is 0 Å². The Morgan fingerprint density at radius 1 is 1.19 bits per heavy atom. The monoisotopic (exact) mass is 386 g/mol. The first-order valence-corrected chi connectivity index (χ1v) is 8.91. The molecule has 0 unspecified atom stereocenters. The SMILES string of the molecule is CN(CCN)c1ccc(OC(=O)c2cc3cc(CCl)ccc3oc2=O)cc1. The first-order valence-electron chi connectivity index (χ1n) is 8.38. The quantitative estimate of drug-likeness (QED) is 0.303. The summed E-state index contributed by atoms with van der Waals surface area (Å²) in [6.07, 6.45) is 0. The van der Waals surface area contributed by atoms with Crippen LogP contribution in [0.4, 0.5) is 5.69 Å². The highest BCUT2D eigenvalue weighted by Gasteiger charge is 2.16. The second-order valence-electron chi connectivity index (χ2n) is 6.05. The van der Waals surface area contributed by atoms with E-state index in [4.69, 9.17) is 26.5 Å². The van der Waals surface area contributed by atoms with Crippen molar-refractivity contribution < 1.29 is 13.9 Å². The van der Waals surface area contributed by atoms with Crippen LogP contribution in [-0.2, 0) is 5.88 Å². The number of hydrogen-bond acceptors (Lipinski definition) is 6. The Morgan fingerprint density at radius 2 is 1.93 bits per heavy atom. The normalized spacial score (nSPS) is 10.8. The molecule has 140 valence electrons. The molecule has 0 saturated carbocycles. The Hall–Kier alpha value is -2.83. The van der Waals surface area contributed by atoms with Crippen molar-refractivity contribution >= 4 is 34.2 Å². The average Bonchev–Trinajstić information content (AvgIpc) is 2.67. The predicted molar refractivity (Wildman–Crippen MR) is 106 cm³/mol. The minimum atomic E-state index is -0.773. The molecule has 2 N–H and O–H groups in total. The molecular formula is C20H19ClN2O4. The van der Waals surface area contributed by atoms with Gasteiger partial charge < -0.3 is 19.8 Å². The third kappa shape index (κ3) is 4.30. The van der Waals surface area contributed by atoms with Gasteiger partial charge in [-0.25, -0.2) is 9.59 Å². The number of benzene rings is 2. The van der Waals surface area contributed by atoms with E-state index >= 15 is 0 Å². The third-order valence-corrected chi connectivity index (χ3v) is 4.43. The van der Waals surface area contributed by atoms with Crippen LogP contribution in [0.3, 0.4) is 0 Å². The minimum Gasteiger partial charge on any atom is -0.423 e. The lowest BCUT2D eigenvalue weighted by molar-refractivity contribution is 0.0730. The van der Waals surface area contributed by atoms with Gasteiger partial charge in [-0.05, 0) is 48.0 Å². The third-order valence-electron chi connectivity index (χ3n) is 4.12. The highest BCUT2D eigenvalue weighted by Crippen LogP contribution is 2.21. The van der Waals surface area contributed by atoms with Gasteiger partial charge in [-0.1, -0.05) is 6.07 Å². The first-order chi connectivity index (χ1) is 13.0. The zero-order valence-corrected chi connectivity index (χ0v) is 15.5. The van der Waals surface area contributed by atoms with Crippen LogP contribution in [0.2, 0.25) is 0 Å². The first kappa shape index (κ1) is 18.9. The van der Waals surface area contributed by atoms with Crippen LogP contribution >= 0.6 is 11.6 Å². The Morgan fingerprint density at radius 3 is 2.59 bits per heavy atom. The standard InChI is InChI=1S/C20H19ClN2O4/c1-23(9-8-22)15-3-5-16(6-4-15)26-19(24)17-11-14-10-13(12-21)2-7-18(14)27-20(17)25/h2-7,10-11H,8-9,12,22H2,1H3. The maximum Gasteiger partial charge on any atom is 0.351 e. The molecule has 0 radical (unpaired) electrons. The van der Waals surface area contributed by atoms with Gasteiger partial charge in [0.1, 0.15) is 16.9 Å². The molecule has 6 nitrogen and oxygen atoms in total. The highest BCUT2D eigenvalue weighted by atomic mass is 35.5. The number of carbonyl (C=O) groups is 1. The molecule has 2 aromatic carbocycles. The van der Waals surface area contributed by atoms with Crippen molar-refractivity contribution in [3.05, 3.63) is 70.1 Å². The van der Waals surface area contributed by atoms with E-state index < -0.39 is 11.6 Å². The van der Waals surface area contributed by atoms with E-state index in [1.807, 2.05) is 24.1 Å². The van der Waals surface area contributed by atoms with Gasteiger partial charge in [0.2, 0.25) is 0 Å². The maximum absolute atomic E-state index is 12.4. The Balaban J connectivity index is 1.83. The van der Waals surface area contributed by atoms with Crippen LogP contribution in [0, 0.1) is 0 Å². The molecule has 0 aliphatic rings. The largest absolute Gasteiger partial charge is 0.423 e. The summed E-state index contributed by atoms with van der Waals surface area (Å²) in [5.74, 6) is -0.122. The fourth-order valence-electron chi connectivity index (χ4n) is 2.65. The molecule has 0 atom stereocenters. The second-order valence-corrected chi connectivity index (χ2v) is 6.31. The maximum atomic E-state index is 12.4. The molecule has 0 bridgehead atoms.